The van der Waals surface area contributed by atoms with Gasteiger partial charge in [-0.05, 0) is 43.3 Å². The molecular weight excluding hydrogens is 335 g/mol. The number of rotatable bonds is 4. The molecule has 1 fully saturated rings. The summed E-state index contributed by atoms with van der Waals surface area (Å²) < 4.78 is 39.1. The average Bonchev–Trinajstić information content (AvgIpc) is 2.60. The summed E-state index contributed by atoms with van der Waals surface area (Å²) in [5.41, 5.74) is 0.273. The summed E-state index contributed by atoms with van der Waals surface area (Å²) in [7, 11) is 0. The van der Waals surface area contributed by atoms with Gasteiger partial charge in [-0.1, -0.05) is 12.1 Å². The number of nitrogens with zero attached hydrogens (tertiary/aromatic N) is 1. The largest absolute Gasteiger partial charge is 0.573 e. The fraction of sp³-hybridized carbons (Fsp3) is 0.429. The number of alkyl halides is 3. The van der Waals surface area contributed by atoms with Crippen LogP contribution in [0.15, 0.2) is 24.3 Å². The van der Waals surface area contributed by atoms with Gasteiger partial charge in [0, 0.05) is 0 Å². The lowest BCUT2D eigenvalue weighted by Crippen LogP contribution is -2.38. The SMILES string of the molecule is CC1(C)SC(=O)N(C[C@@H](O)c2ccc(OC(F)(F)F)cc2)C1=O. The Bertz CT molecular complexity index is 615. The molecule has 0 aliphatic carbocycles. The molecule has 1 aromatic rings. The average molecular weight is 349 g/mol. The fourth-order valence-electron chi connectivity index (χ4n) is 2.05. The van der Waals surface area contributed by atoms with Crippen molar-refractivity contribution < 1.29 is 32.6 Å². The zero-order chi connectivity index (χ0) is 17.4. The smallest absolute Gasteiger partial charge is 0.406 e. The van der Waals surface area contributed by atoms with Crippen molar-refractivity contribution in [3.05, 3.63) is 29.8 Å². The molecule has 0 aromatic heterocycles. The summed E-state index contributed by atoms with van der Waals surface area (Å²) >= 11 is 0.866. The highest BCUT2D eigenvalue weighted by molar-refractivity contribution is 8.16. The quantitative estimate of drug-likeness (QED) is 0.905. The van der Waals surface area contributed by atoms with Crippen LogP contribution in [-0.4, -0.2) is 38.8 Å². The van der Waals surface area contributed by atoms with Crippen LogP contribution in [0.25, 0.3) is 0 Å². The summed E-state index contributed by atoms with van der Waals surface area (Å²) in [5.74, 6) is -0.831. The van der Waals surface area contributed by atoms with E-state index in [-0.39, 0.29) is 12.1 Å². The van der Waals surface area contributed by atoms with Gasteiger partial charge in [0.2, 0.25) is 5.91 Å². The molecule has 1 aliphatic rings. The molecule has 0 bridgehead atoms. The molecule has 1 aliphatic heterocycles. The molecule has 1 aromatic carbocycles. The normalized spacial score (nSPS) is 19.1. The standard InChI is InChI=1S/C14H14F3NO4S/c1-13(2)11(20)18(12(21)23-13)7-10(19)8-3-5-9(6-4-8)22-14(15,16)17/h3-6,10,19H,7H2,1-2H3/t10-/m1/s1. The number of aliphatic hydroxyl groups excluding tert-OH is 1. The Balaban J connectivity index is 2.05. The molecular formula is C14H14F3NO4S. The van der Waals surface area contributed by atoms with E-state index in [0.717, 1.165) is 28.8 Å². The molecule has 0 spiro atoms. The van der Waals surface area contributed by atoms with Crippen molar-refractivity contribution >= 4 is 22.9 Å². The summed E-state index contributed by atoms with van der Waals surface area (Å²) in [6.45, 7) is 2.95. The molecule has 1 heterocycles. The highest BCUT2D eigenvalue weighted by atomic mass is 32.2. The van der Waals surface area contributed by atoms with E-state index in [1.54, 1.807) is 13.8 Å². The Morgan fingerprint density at radius 2 is 1.83 bits per heavy atom. The Hall–Kier alpha value is -1.74. The number of carbonyl (C=O) groups is 2. The molecule has 2 rings (SSSR count). The predicted octanol–water partition coefficient (Wildman–Crippen LogP) is 3.09. The third kappa shape index (κ3) is 4.17. The topological polar surface area (TPSA) is 66.8 Å². The number of hydrogen-bond donors (Lipinski definition) is 1. The summed E-state index contributed by atoms with van der Waals surface area (Å²) in [6, 6.07) is 4.60. The third-order valence-electron chi connectivity index (χ3n) is 3.18. The minimum atomic E-state index is -4.79. The van der Waals surface area contributed by atoms with Crippen LogP contribution < -0.4 is 4.74 Å². The minimum Gasteiger partial charge on any atom is -0.406 e. The van der Waals surface area contributed by atoms with Crippen LogP contribution in [0.1, 0.15) is 25.5 Å². The molecule has 1 saturated heterocycles. The number of halogens is 3. The first-order chi connectivity index (χ1) is 10.5. The summed E-state index contributed by atoms with van der Waals surface area (Å²) in [4.78, 5) is 24.8. The second kappa shape index (κ2) is 6.04. The molecule has 9 heteroatoms. The number of amides is 2. The molecule has 0 unspecified atom stereocenters. The van der Waals surface area contributed by atoms with E-state index in [1.807, 2.05) is 0 Å². The van der Waals surface area contributed by atoms with E-state index >= 15 is 0 Å². The van der Waals surface area contributed by atoms with E-state index in [2.05, 4.69) is 4.74 Å². The molecule has 0 saturated carbocycles. The Labute approximate surface area is 134 Å². The highest BCUT2D eigenvalue weighted by Gasteiger charge is 2.46. The third-order valence-corrected chi connectivity index (χ3v) is 4.26. The maximum absolute atomic E-state index is 12.1. The molecule has 0 radical (unpaired) electrons. The van der Waals surface area contributed by atoms with Crippen molar-refractivity contribution in [1.82, 2.24) is 4.90 Å². The van der Waals surface area contributed by atoms with Gasteiger partial charge in [0.15, 0.2) is 0 Å². The van der Waals surface area contributed by atoms with E-state index in [4.69, 9.17) is 0 Å². The van der Waals surface area contributed by atoms with Gasteiger partial charge in [-0.3, -0.25) is 14.5 Å². The van der Waals surface area contributed by atoms with E-state index in [1.165, 1.54) is 12.1 Å². The highest BCUT2D eigenvalue weighted by Crippen LogP contribution is 2.37. The van der Waals surface area contributed by atoms with Gasteiger partial charge in [-0.15, -0.1) is 13.2 Å². The van der Waals surface area contributed by atoms with Crippen LogP contribution in [0, 0.1) is 0 Å². The monoisotopic (exact) mass is 349 g/mol. The van der Waals surface area contributed by atoms with Gasteiger partial charge in [0.25, 0.3) is 5.24 Å². The number of ether oxygens (including phenoxy) is 1. The van der Waals surface area contributed by atoms with Crippen LogP contribution in [0.5, 0.6) is 5.75 Å². The zero-order valence-electron chi connectivity index (χ0n) is 12.3. The van der Waals surface area contributed by atoms with Crippen molar-refractivity contribution in [2.75, 3.05) is 6.54 Å². The van der Waals surface area contributed by atoms with Crippen molar-refractivity contribution in [2.24, 2.45) is 0 Å². The number of benzene rings is 1. The number of hydrogen-bond acceptors (Lipinski definition) is 5. The van der Waals surface area contributed by atoms with Crippen LogP contribution in [-0.2, 0) is 4.79 Å². The van der Waals surface area contributed by atoms with Gasteiger partial charge in [-0.2, -0.15) is 0 Å². The molecule has 126 valence electrons. The van der Waals surface area contributed by atoms with Gasteiger partial charge < -0.3 is 9.84 Å². The molecule has 2 amide bonds. The molecule has 1 atom stereocenters. The molecule has 1 N–H and O–H groups in total. The van der Waals surface area contributed by atoms with Crippen LogP contribution in [0.2, 0.25) is 0 Å². The Morgan fingerprint density at radius 3 is 2.26 bits per heavy atom. The van der Waals surface area contributed by atoms with Crippen molar-refractivity contribution in [3.8, 4) is 5.75 Å². The number of carbonyl (C=O) groups excluding carboxylic acids is 2. The summed E-state index contributed by atoms with van der Waals surface area (Å²) in [5, 5.41) is 9.63. The summed E-state index contributed by atoms with van der Waals surface area (Å²) in [6.07, 6.45) is -5.99. The minimum absolute atomic E-state index is 0.256. The lowest BCUT2D eigenvalue weighted by molar-refractivity contribution is -0.274. The van der Waals surface area contributed by atoms with Crippen LogP contribution in [0.3, 0.4) is 0 Å². The Morgan fingerprint density at radius 1 is 1.26 bits per heavy atom. The van der Waals surface area contributed by atoms with Gasteiger partial charge in [0.1, 0.15) is 5.75 Å². The van der Waals surface area contributed by atoms with E-state index < -0.39 is 34.1 Å². The first kappa shape index (κ1) is 17.6. The lowest BCUT2D eigenvalue weighted by atomic mass is 10.1. The Kier molecular flexibility index (Phi) is 4.63. The maximum Gasteiger partial charge on any atom is 0.573 e. The zero-order valence-corrected chi connectivity index (χ0v) is 13.1. The van der Waals surface area contributed by atoms with E-state index in [9.17, 15) is 27.9 Å². The number of thioether (sulfide) groups is 1. The van der Waals surface area contributed by atoms with Crippen molar-refractivity contribution in [2.45, 2.75) is 31.1 Å². The molecule has 5 nitrogen and oxygen atoms in total. The van der Waals surface area contributed by atoms with Gasteiger partial charge in [0.05, 0.1) is 17.4 Å². The lowest BCUT2D eigenvalue weighted by Gasteiger charge is -2.20. The first-order valence-electron chi connectivity index (χ1n) is 6.58. The van der Waals surface area contributed by atoms with Crippen LogP contribution >= 0.6 is 11.8 Å². The second-order valence-electron chi connectivity index (χ2n) is 5.43. The number of β-amino-alcohol motifs (C(OH)–C–C–N with tert-alkyl or cyclic N) is 1. The van der Waals surface area contributed by atoms with E-state index in [0.29, 0.717) is 0 Å². The van der Waals surface area contributed by atoms with Gasteiger partial charge >= 0.3 is 6.36 Å². The maximum atomic E-state index is 12.1. The van der Waals surface area contributed by atoms with Crippen molar-refractivity contribution in [1.29, 1.82) is 0 Å². The molecule has 23 heavy (non-hydrogen) atoms. The predicted molar refractivity (Wildman–Crippen MR) is 76.9 cm³/mol. The van der Waals surface area contributed by atoms with Crippen molar-refractivity contribution in [3.63, 3.8) is 0 Å². The van der Waals surface area contributed by atoms with Gasteiger partial charge in [-0.25, -0.2) is 0 Å². The second-order valence-corrected chi connectivity index (χ2v) is 7.00. The van der Waals surface area contributed by atoms with Crippen LogP contribution in [0.4, 0.5) is 18.0 Å². The fourth-order valence-corrected chi connectivity index (χ4v) is 2.95. The number of imide groups is 1. The number of aliphatic hydroxyl groups is 1. The first-order valence-corrected chi connectivity index (χ1v) is 7.40.